The second-order valence-electron chi connectivity index (χ2n) is 6.28. The van der Waals surface area contributed by atoms with Crippen molar-refractivity contribution in [3.63, 3.8) is 0 Å². The van der Waals surface area contributed by atoms with Gasteiger partial charge in [0, 0.05) is 26.3 Å². The monoisotopic (exact) mass is 381 g/mol. The number of nitrogens with one attached hydrogen (secondary N) is 1. The number of nitro benzene ring substituents is 1. The molecule has 9 heteroatoms. The smallest absolute Gasteiger partial charge is 0.286 e. The Balaban J connectivity index is 2.08. The number of nitro groups is 1. The number of benzene rings is 1. The summed E-state index contributed by atoms with van der Waals surface area (Å²) in [4.78, 5) is 25.6. The van der Waals surface area contributed by atoms with Crippen LogP contribution in [0.4, 0.5) is 5.69 Å². The molecule has 0 bridgehead atoms. The molecule has 0 atom stereocenters. The van der Waals surface area contributed by atoms with Crippen LogP contribution in [0.3, 0.4) is 0 Å². The maximum atomic E-state index is 12.5. The van der Waals surface area contributed by atoms with Gasteiger partial charge in [0.15, 0.2) is 11.5 Å². The highest BCUT2D eigenvalue weighted by molar-refractivity contribution is 5.99. The molecule has 0 radical (unpaired) electrons. The van der Waals surface area contributed by atoms with Gasteiger partial charge in [-0.2, -0.15) is 0 Å². The Morgan fingerprint density at radius 2 is 1.93 bits per heavy atom. The van der Waals surface area contributed by atoms with E-state index in [0.717, 1.165) is 19.6 Å². The number of carbonyl (C=O) groups is 1. The summed E-state index contributed by atoms with van der Waals surface area (Å²) in [5.74, 6) is -0.0375. The van der Waals surface area contributed by atoms with Crippen LogP contribution in [0.1, 0.15) is 29.6 Å². The van der Waals surface area contributed by atoms with Crippen molar-refractivity contribution in [1.29, 1.82) is 0 Å². The molecule has 1 heterocycles. The SMILES string of the molecule is COCCOc1cc([N+](=O)[O-])c(C(=O)NCCN2CCCCC2)cc1OC. The van der Waals surface area contributed by atoms with E-state index in [4.69, 9.17) is 14.2 Å². The topological polar surface area (TPSA) is 103 Å². The zero-order chi connectivity index (χ0) is 19.6. The highest BCUT2D eigenvalue weighted by Gasteiger charge is 2.25. The molecule has 1 aliphatic rings. The van der Waals surface area contributed by atoms with Crippen LogP contribution in [0.5, 0.6) is 11.5 Å². The lowest BCUT2D eigenvalue weighted by Crippen LogP contribution is -2.37. The standard InChI is InChI=1S/C18H27N3O6/c1-25-10-11-27-17-13-15(21(23)24)14(12-16(17)26-2)18(22)19-6-9-20-7-4-3-5-8-20/h12-13H,3-11H2,1-2H3,(H,19,22). The number of ether oxygens (including phenoxy) is 3. The Labute approximate surface area is 158 Å². The summed E-state index contributed by atoms with van der Waals surface area (Å²) in [6.07, 6.45) is 3.58. The van der Waals surface area contributed by atoms with Crippen molar-refractivity contribution >= 4 is 11.6 Å². The summed E-state index contributed by atoms with van der Waals surface area (Å²) in [7, 11) is 2.95. The normalized spacial score (nSPS) is 14.6. The molecule has 1 saturated heterocycles. The van der Waals surface area contributed by atoms with Crippen molar-refractivity contribution in [2.75, 3.05) is 53.6 Å². The summed E-state index contributed by atoms with van der Waals surface area (Å²) >= 11 is 0. The predicted molar refractivity (Wildman–Crippen MR) is 99.6 cm³/mol. The summed E-state index contributed by atoms with van der Waals surface area (Å²) in [6.45, 7) is 3.76. The van der Waals surface area contributed by atoms with Gasteiger partial charge in [0.25, 0.3) is 11.6 Å². The zero-order valence-corrected chi connectivity index (χ0v) is 15.9. The van der Waals surface area contributed by atoms with Crippen molar-refractivity contribution in [3.05, 3.63) is 27.8 Å². The van der Waals surface area contributed by atoms with Crippen LogP contribution in [0, 0.1) is 10.1 Å². The van der Waals surface area contributed by atoms with Gasteiger partial charge in [-0.1, -0.05) is 6.42 Å². The molecule has 0 spiro atoms. The van der Waals surface area contributed by atoms with E-state index >= 15 is 0 Å². The minimum atomic E-state index is -0.595. The van der Waals surface area contributed by atoms with Crippen molar-refractivity contribution in [2.45, 2.75) is 19.3 Å². The molecule has 0 aliphatic carbocycles. The largest absolute Gasteiger partial charge is 0.493 e. The van der Waals surface area contributed by atoms with Gasteiger partial charge in [0.1, 0.15) is 12.2 Å². The maximum absolute atomic E-state index is 12.5. The van der Waals surface area contributed by atoms with E-state index in [1.165, 1.54) is 45.6 Å². The first-order valence-electron chi connectivity index (χ1n) is 9.05. The molecule has 1 aliphatic heterocycles. The summed E-state index contributed by atoms with van der Waals surface area (Å²) in [5.41, 5.74) is -0.367. The first kappa shape index (κ1) is 20.9. The number of methoxy groups -OCH3 is 2. The van der Waals surface area contributed by atoms with Crippen LogP contribution < -0.4 is 14.8 Å². The third-order valence-corrected chi connectivity index (χ3v) is 4.43. The Hall–Kier alpha value is -2.39. The van der Waals surface area contributed by atoms with Gasteiger partial charge in [-0.25, -0.2) is 0 Å². The molecular formula is C18H27N3O6. The number of carbonyl (C=O) groups excluding carboxylic acids is 1. The van der Waals surface area contributed by atoms with Gasteiger partial charge in [0.2, 0.25) is 0 Å². The molecule has 1 amide bonds. The van der Waals surface area contributed by atoms with Gasteiger partial charge >= 0.3 is 0 Å². The molecule has 0 unspecified atom stereocenters. The predicted octanol–water partition coefficient (Wildman–Crippen LogP) is 1.84. The number of nitrogens with zero attached hydrogens (tertiary/aromatic N) is 2. The average molecular weight is 381 g/mol. The summed E-state index contributed by atoms with van der Waals surface area (Å²) < 4.78 is 15.6. The fourth-order valence-electron chi connectivity index (χ4n) is 3.00. The second-order valence-corrected chi connectivity index (χ2v) is 6.28. The summed E-state index contributed by atoms with van der Waals surface area (Å²) in [6, 6.07) is 2.56. The minimum absolute atomic E-state index is 0.0467. The minimum Gasteiger partial charge on any atom is -0.493 e. The molecule has 9 nitrogen and oxygen atoms in total. The van der Waals surface area contributed by atoms with Crippen molar-refractivity contribution in [3.8, 4) is 11.5 Å². The number of piperidine rings is 1. The highest BCUT2D eigenvalue weighted by Crippen LogP contribution is 2.34. The number of hydrogen-bond acceptors (Lipinski definition) is 7. The van der Waals surface area contributed by atoms with Crippen LogP contribution in [0.15, 0.2) is 12.1 Å². The van der Waals surface area contributed by atoms with Gasteiger partial charge in [0.05, 0.1) is 24.7 Å². The quantitative estimate of drug-likeness (QED) is 0.375. The second kappa shape index (κ2) is 10.7. The van der Waals surface area contributed by atoms with Gasteiger partial charge in [-0.15, -0.1) is 0 Å². The lowest BCUT2D eigenvalue weighted by molar-refractivity contribution is -0.385. The number of hydrogen-bond donors (Lipinski definition) is 1. The van der Waals surface area contributed by atoms with E-state index in [9.17, 15) is 14.9 Å². The van der Waals surface area contributed by atoms with E-state index in [1.54, 1.807) is 0 Å². The summed E-state index contributed by atoms with van der Waals surface area (Å²) in [5, 5.41) is 14.2. The van der Waals surface area contributed by atoms with Crippen molar-refractivity contribution < 1.29 is 23.9 Å². The average Bonchev–Trinajstić information content (AvgIpc) is 2.68. The maximum Gasteiger partial charge on any atom is 0.286 e. The lowest BCUT2D eigenvalue weighted by atomic mass is 10.1. The van der Waals surface area contributed by atoms with Crippen molar-refractivity contribution in [1.82, 2.24) is 10.2 Å². The molecule has 2 rings (SSSR count). The molecule has 1 fully saturated rings. The van der Waals surface area contributed by atoms with E-state index in [0.29, 0.717) is 13.2 Å². The fraction of sp³-hybridized carbons (Fsp3) is 0.611. The fourth-order valence-corrected chi connectivity index (χ4v) is 3.00. The van der Waals surface area contributed by atoms with Crippen LogP contribution in [-0.4, -0.2) is 69.3 Å². The third-order valence-electron chi connectivity index (χ3n) is 4.43. The Morgan fingerprint density at radius 3 is 2.56 bits per heavy atom. The molecule has 0 aromatic heterocycles. The lowest BCUT2D eigenvalue weighted by Gasteiger charge is -2.26. The molecule has 0 saturated carbocycles. The van der Waals surface area contributed by atoms with Crippen LogP contribution in [-0.2, 0) is 4.74 Å². The third kappa shape index (κ3) is 6.07. The molecule has 1 N–H and O–H groups in total. The zero-order valence-electron chi connectivity index (χ0n) is 15.9. The van der Waals surface area contributed by atoms with E-state index in [1.807, 2.05) is 0 Å². The molecule has 1 aromatic carbocycles. The Bertz CT molecular complexity index is 646. The van der Waals surface area contributed by atoms with E-state index in [2.05, 4.69) is 10.2 Å². The van der Waals surface area contributed by atoms with E-state index < -0.39 is 10.8 Å². The molecule has 27 heavy (non-hydrogen) atoms. The van der Waals surface area contributed by atoms with Gasteiger partial charge in [-0.3, -0.25) is 14.9 Å². The van der Waals surface area contributed by atoms with Crippen LogP contribution in [0.2, 0.25) is 0 Å². The highest BCUT2D eigenvalue weighted by atomic mass is 16.6. The molecular weight excluding hydrogens is 354 g/mol. The van der Waals surface area contributed by atoms with Gasteiger partial charge < -0.3 is 24.4 Å². The molecule has 150 valence electrons. The first-order chi connectivity index (χ1) is 13.1. The van der Waals surface area contributed by atoms with Crippen molar-refractivity contribution in [2.24, 2.45) is 0 Å². The Morgan fingerprint density at radius 1 is 1.19 bits per heavy atom. The van der Waals surface area contributed by atoms with Gasteiger partial charge in [-0.05, 0) is 25.9 Å². The number of rotatable bonds is 10. The molecule has 1 aromatic rings. The Kier molecular flexibility index (Phi) is 8.28. The van der Waals surface area contributed by atoms with Crippen LogP contribution in [0.25, 0.3) is 0 Å². The number of likely N-dealkylation sites (tertiary alicyclic amines) is 1. The number of amides is 1. The first-order valence-corrected chi connectivity index (χ1v) is 9.05. The van der Waals surface area contributed by atoms with Crippen LogP contribution >= 0.6 is 0 Å². The van der Waals surface area contributed by atoms with E-state index in [-0.39, 0.29) is 29.4 Å².